The number of nitrogens with one attached hydrogen (secondary N) is 1. The molecule has 1 aromatic carbocycles. The predicted molar refractivity (Wildman–Crippen MR) is 74.5 cm³/mol. The summed E-state index contributed by atoms with van der Waals surface area (Å²) < 4.78 is 1.10. The lowest BCUT2D eigenvalue weighted by molar-refractivity contribution is 0.149. The molecule has 17 heavy (non-hydrogen) atoms. The molecule has 94 valence electrons. The Labute approximate surface area is 111 Å². The lowest BCUT2D eigenvalue weighted by atomic mass is 9.89. The molecule has 0 bridgehead atoms. The fourth-order valence-corrected chi connectivity index (χ4v) is 2.82. The smallest absolute Gasteiger partial charge is 0.0630 e. The Kier molecular flexibility index (Phi) is 4.07. The van der Waals surface area contributed by atoms with Gasteiger partial charge in [0.2, 0.25) is 0 Å². The van der Waals surface area contributed by atoms with Crippen molar-refractivity contribution in [2.45, 2.75) is 18.4 Å². The minimum absolute atomic E-state index is 0.152. The van der Waals surface area contributed by atoms with Crippen LogP contribution in [0.15, 0.2) is 28.7 Å². The van der Waals surface area contributed by atoms with Crippen LogP contribution in [0.4, 0.5) is 5.69 Å². The van der Waals surface area contributed by atoms with E-state index in [1.54, 1.807) is 0 Å². The van der Waals surface area contributed by atoms with E-state index >= 15 is 0 Å². The Morgan fingerprint density at radius 1 is 1.53 bits per heavy atom. The van der Waals surface area contributed by atoms with Crippen LogP contribution in [0.25, 0.3) is 0 Å². The van der Waals surface area contributed by atoms with Crippen LogP contribution in [-0.4, -0.2) is 37.4 Å². The normalized spacial score (nSPS) is 25.0. The van der Waals surface area contributed by atoms with E-state index in [0.717, 1.165) is 30.4 Å². The molecule has 0 radical (unpaired) electrons. The molecule has 2 N–H and O–H groups in total. The Bertz CT molecular complexity index is 379. The van der Waals surface area contributed by atoms with Gasteiger partial charge in [-0.25, -0.2) is 0 Å². The molecule has 0 amide bonds. The summed E-state index contributed by atoms with van der Waals surface area (Å²) in [7, 11) is 1.93. The Morgan fingerprint density at radius 2 is 2.35 bits per heavy atom. The van der Waals surface area contributed by atoms with Crippen LogP contribution in [0.1, 0.15) is 12.8 Å². The van der Waals surface area contributed by atoms with Crippen molar-refractivity contribution in [1.82, 2.24) is 5.32 Å². The summed E-state index contributed by atoms with van der Waals surface area (Å²) in [6.07, 6.45) is 2.14. The highest BCUT2D eigenvalue weighted by Crippen LogP contribution is 2.27. The molecule has 0 aliphatic carbocycles. The first kappa shape index (κ1) is 12.9. The first-order valence-corrected chi connectivity index (χ1v) is 6.79. The molecular formula is C13H19BrN2O. The number of aliphatic hydroxyl groups excluding tert-OH is 1. The van der Waals surface area contributed by atoms with Gasteiger partial charge in [0.05, 0.1) is 12.1 Å². The molecule has 1 aliphatic heterocycles. The zero-order valence-corrected chi connectivity index (χ0v) is 11.7. The fourth-order valence-electron chi connectivity index (χ4n) is 2.44. The molecule has 1 atom stereocenters. The third-order valence-electron chi connectivity index (χ3n) is 3.58. The highest BCUT2D eigenvalue weighted by atomic mass is 79.9. The second-order valence-corrected chi connectivity index (χ2v) is 5.61. The molecule has 3 nitrogen and oxygen atoms in total. The molecule has 1 unspecified atom stereocenters. The van der Waals surface area contributed by atoms with Crippen molar-refractivity contribution in [1.29, 1.82) is 0 Å². The van der Waals surface area contributed by atoms with Gasteiger partial charge in [-0.3, -0.25) is 0 Å². The van der Waals surface area contributed by atoms with Crippen LogP contribution < -0.4 is 10.2 Å². The van der Waals surface area contributed by atoms with Crippen molar-refractivity contribution in [3.63, 3.8) is 0 Å². The van der Waals surface area contributed by atoms with Gasteiger partial charge in [0.1, 0.15) is 0 Å². The summed E-state index contributed by atoms with van der Waals surface area (Å²) in [5.41, 5.74) is 1.06. The van der Waals surface area contributed by atoms with Gasteiger partial charge in [-0.2, -0.15) is 0 Å². The third-order valence-corrected chi connectivity index (χ3v) is 4.08. The average Bonchev–Trinajstić information content (AvgIpc) is 2.39. The Balaban J connectivity index is 2.17. The van der Waals surface area contributed by atoms with Crippen molar-refractivity contribution in [3.8, 4) is 0 Å². The third kappa shape index (κ3) is 2.81. The SMILES string of the molecule is CNC1(CO)CCCN(c2cccc(Br)c2)C1. The van der Waals surface area contributed by atoms with Gasteiger partial charge in [0.15, 0.2) is 0 Å². The van der Waals surface area contributed by atoms with E-state index in [9.17, 15) is 5.11 Å². The minimum Gasteiger partial charge on any atom is -0.394 e. The quantitative estimate of drug-likeness (QED) is 0.896. The molecule has 0 spiro atoms. The molecule has 0 saturated carbocycles. The summed E-state index contributed by atoms with van der Waals surface area (Å²) in [5.74, 6) is 0. The molecule has 1 aliphatic rings. The van der Waals surface area contributed by atoms with Crippen molar-refractivity contribution >= 4 is 21.6 Å². The van der Waals surface area contributed by atoms with Crippen LogP contribution in [0.3, 0.4) is 0 Å². The van der Waals surface area contributed by atoms with Crippen LogP contribution in [-0.2, 0) is 0 Å². The lowest BCUT2D eigenvalue weighted by Gasteiger charge is -2.42. The van der Waals surface area contributed by atoms with Gasteiger partial charge < -0.3 is 15.3 Å². The topological polar surface area (TPSA) is 35.5 Å². The first-order valence-electron chi connectivity index (χ1n) is 5.99. The molecule has 4 heteroatoms. The number of likely N-dealkylation sites (N-methyl/N-ethyl adjacent to an activating group) is 1. The number of anilines is 1. The summed E-state index contributed by atoms with van der Waals surface area (Å²) in [6, 6.07) is 8.33. The van der Waals surface area contributed by atoms with Gasteiger partial charge in [-0.05, 0) is 38.1 Å². The number of rotatable bonds is 3. The van der Waals surface area contributed by atoms with E-state index in [0.29, 0.717) is 0 Å². The first-order chi connectivity index (χ1) is 8.19. The standard InChI is InChI=1S/C13H19BrN2O/c1-15-13(10-17)6-3-7-16(9-13)12-5-2-4-11(14)8-12/h2,4-5,8,15,17H,3,6-7,9-10H2,1H3. The average molecular weight is 299 g/mol. The van der Waals surface area contributed by atoms with E-state index < -0.39 is 0 Å². The summed E-state index contributed by atoms with van der Waals surface area (Å²) >= 11 is 3.50. The maximum Gasteiger partial charge on any atom is 0.0630 e. The maximum absolute atomic E-state index is 9.56. The zero-order chi connectivity index (χ0) is 12.3. The summed E-state index contributed by atoms with van der Waals surface area (Å²) in [6.45, 7) is 2.10. The van der Waals surface area contributed by atoms with Crippen LogP contribution >= 0.6 is 15.9 Å². The second kappa shape index (κ2) is 5.38. The monoisotopic (exact) mass is 298 g/mol. The largest absolute Gasteiger partial charge is 0.394 e. The Morgan fingerprint density at radius 3 is 3.00 bits per heavy atom. The zero-order valence-electron chi connectivity index (χ0n) is 10.1. The fraction of sp³-hybridized carbons (Fsp3) is 0.538. The molecule has 0 aromatic heterocycles. The van der Waals surface area contributed by atoms with Gasteiger partial charge in [0.25, 0.3) is 0 Å². The highest BCUT2D eigenvalue weighted by Gasteiger charge is 2.33. The van der Waals surface area contributed by atoms with E-state index in [2.05, 4.69) is 38.3 Å². The number of piperidine rings is 1. The van der Waals surface area contributed by atoms with Crippen molar-refractivity contribution < 1.29 is 5.11 Å². The molecule has 1 fully saturated rings. The van der Waals surface area contributed by atoms with Gasteiger partial charge in [0, 0.05) is 23.2 Å². The molecule has 2 rings (SSSR count). The number of aliphatic hydroxyl groups is 1. The van der Waals surface area contributed by atoms with E-state index in [-0.39, 0.29) is 12.1 Å². The van der Waals surface area contributed by atoms with E-state index in [1.807, 2.05) is 19.2 Å². The van der Waals surface area contributed by atoms with E-state index in [1.165, 1.54) is 5.69 Å². The molecular weight excluding hydrogens is 280 g/mol. The number of hydrogen-bond acceptors (Lipinski definition) is 3. The van der Waals surface area contributed by atoms with Crippen molar-refractivity contribution in [2.24, 2.45) is 0 Å². The minimum atomic E-state index is -0.152. The summed E-state index contributed by atoms with van der Waals surface area (Å²) in [5, 5.41) is 12.8. The number of benzene rings is 1. The second-order valence-electron chi connectivity index (χ2n) is 4.69. The van der Waals surface area contributed by atoms with Crippen LogP contribution in [0.2, 0.25) is 0 Å². The number of hydrogen-bond donors (Lipinski definition) is 2. The highest BCUT2D eigenvalue weighted by molar-refractivity contribution is 9.10. The molecule has 1 heterocycles. The number of halogens is 1. The maximum atomic E-state index is 9.56. The van der Waals surface area contributed by atoms with Crippen molar-refractivity contribution in [3.05, 3.63) is 28.7 Å². The van der Waals surface area contributed by atoms with Crippen molar-refractivity contribution in [2.75, 3.05) is 31.6 Å². The van der Waals surface area contributed by atoms with Gasteiger partial charge in [-0.15, -0.1) is 0 Å². The number of nitrogens with zero attached hydrogens (tertiary/aromatic N) is 1. The lowest BCUT2D eigenvalue weighted by Crippen LogP contribution is -2.58. The van der Waals surface area contributed by atoms with Gasteiger partial charge >= 0.3 is 0 Å². The van der Waals surface area contributed by atoms with E-state index in [4.69, 9.17) is 0 Å². The Hall–Kier alpha value is -0.580. The van der Waals surface area contributed by atoms with Gasteiger partial charge in [-0.1, -0.05) is 22.0 Å². The molecule has 1 saturated heterocycles. The molecule has 1 aromatic rings. The predicted octanol–water partition coefficient (Wildman–Crippen LogP) is 2.00. The van der Waals surface area contributed by atoms with Crippen LogP contribution in [0.5, 0.6) is 0 Å². The summed E-state index contributed by atoms with van der Waals surface area (Å²) in [4.78, 5) is 2.33. The van der Waals surface area contributed by atoms with Crippen LogP contribution in [0, 0.1) is 0 Å².